The molecule has 1 aromatic carbocycles. The van der Waals surface area contributed by atoms with Crippen LogP contribution in [0.2, 0.25) is 0 Å². The molecule has 0 saturated heterocycles. The van der Waals surface area contributed by atoms with Crippen LogP contribution in [0.25, 0.3) is 10.6 Å². The van der Waals surface area contributed by atoms with Crippen molar-refractivity contribution in [2.75, 3.05) is 5.32 Å². The number of nitrogens with zero attached hydrogens (tertiary/aromatic N) is 1. The van der Waals surface area contributed by atoms with E-state index in [2.05, 4.69) is 10.3 Å². The van der Waals surface area contributed by atoms with Gasteiger partial charge < -0.3 is 9.72 Å². The fourth-order valence-electron chi connectivity index (χ4n) is 2.52. The highest BCUT2D eigenvalue weighted by Crippen LogP contribution is 2.24. The minimum Gasteiger partial charge on any atom is -0.447 e. The van der Waals surface area contributed by atoms with Crippen molar-refractivity contribution in [3.8, 4) is 10.6 Å². The van der Waals surface area contributed by atoms with E-state index < -0.39 is 21.8 Å². The summed E-state index contributed by atoms with van der Waals surface area (Å²) in [6, 6.07) is 7.78. The van der Waals surface area contributed by atoms with Crippen molar-refractivity contribution in [3.63, 3.8) is 0 Å². The number of thiophene rings is 1. The van der Waals surface area contributed by atoms with Crippen molar-refractivity contribution < 1.29 is 17.9 Å². The molecule has 0 atom stereocenters. The Kier molecular flexibility index (Phi) is 5.43. The summed E-state index contributed by atoms with van der Waals surface area (Å²) in [4.78, 5) is 27.2. The number of aromatic amines is 1. The van der Waals surface area contributed by atoms with Gasteiger partial charge in [-0.3, -0.25) is 5.32 Å². The number of amides is 1. The van der Waals surface area contributed by atoms with E-state index in [4.69, 9.17) is 4.74 Å². The zero-order chi connectivity index (χ0) is 20.5. The Morgan fingerprint density at radius 1 is 1.29 bits per heavy atom. The maximum atomic E-state index is 12.9. The quantitative estimate of drug-likeness (QED) is 0.656. The standard InChI is InChI=1S/C18H19N3O5S2/c1-11(2)26-18(23)20-14-7-6-13(9-12(14)3)28(24,25)21-10-15(19-17(21)22)16-5-4-8-27-16/h4-11H,1-3H3,(H,19,22)(H,20,23). The zero-order valence-electron chi connectivity index (χ0n) is 15.4. The van der Waals surface area contributed by atoms with Crippen molar-refractivity contribution in [1.82, 2.24) is 8.96 Å². The first kappa shape index (κ1) is 19.9. The van der Waals surface area contributed by atoms with Crippen molar-refractivity contribution in [2.45, 2.75) is 31.8 Å². The molecular formula is C18H19N3O5S2. The van der Waals surface area contributed by atoms with Crippen LogP contribution in [0, 0.1) is 6.92 Å². The van der Waals surface area contributed by atoms with Crippen LogP contribution in [0.1, 0.15) is 19.4 Å². The molecule has 0 saturated carbocycles. The normalized spacial score (nSPS) is 11.6. The lowest BCUT2D eigenvalue weighted by atomic mass is 10.2. The van der Waals surface area contributed by atoms with Crippen molar-refractivity contribution in [1.29, 1.82) is 0 Å². The first-order valence-corrected chi connectivity index (χ1v) is 10.7. The highest BCUT2D eigenvalue weighted by atomic mass is 32.2. The Balaban J connectivity index is 1.92. The molecule has 0 radical (unpaired) electrons. The fourth-order valence-corrected chi connectivity index (χ4v) is 4.51. The smallest absolute Gasteiger partial charge is 0.411 e. The minimum atomic E-state index is -4.09. The molecule has 0 aliphatic rings. The van der Waals surface area contributed by atoms with Gasteiger partial charge in [-0.25, -0.2) is 18.0 Å². The third kappa shape index (κ3) is 4.02. The lowest BCUT2D eigenvalue weighted by Crippen LogP contribution is -2.24. The average Bonchev–Trinajstić information content (AvgIpc) is 3.25. The van der Waals surface area contributed by atoms with Gasteiger partial charge in [0.1, 0.15) is 0 Å². The Labute approximate surface area is 165 Å². The number of rotatable bonds is 5. The molecule has 3 aromatic rings. The number of imidazole rings is 1. The number of hydrogen-bond acceptors (Lipinski definition) is 6. The molecule has 0 bridgehead atoms. The molecule has 0 aliphatic heterocycles. The number of carbonyl (C=O) groups excluding carboxylic acids is 1. The molecule has 28 heavy (non-hydrogen) atoms. The number of aromatic nitrogens is 2. The molecule has 0 fully saturated rings. The predicted octanol–water partition coefficient (Wildman–Crippen LogP) is 3.41. The Morgan fingerprint density at radius 2 is 2.04 bits per heavy atom. The molecule has 0 aliphatic carbocycles. The summed E-state index contributed by atoms with van der Waals surface area (Å²) in [6.07, 6.45) is 0.361. The van der Waals surface area contributed by atoms with Gasteiger partial charge in [0.25, 0.3) is 10.0 Å². The van der Waals surface area contributed by atoms with Crippen LogP contribution < -0.4 is 11.0 Å². The van der Waals surface area contributed by atoms with Crippen LogP contribution in [-0.4, -0.2) is 29.6 Å². The minimum absolute atomic E-state index is 0.0633. The number of carbonyl (C=O) groups is 1. The number of anilines is 1. The third-order valence-electron chi connectivity index (χ3n) is 3.81. The van der Waals surface area contributed by atoms with E-state index in [1.54, 1.807) is 26.8 Å². The summed E-state index contributed by atoms with van der Waals surface area (Å²) in [5.41, 5.74) is 0.618. The highest BCUT2D eigenvalue weighted by Gasteiger charge is 2.22. The third-order valence-corrected chi connectivity index (χ3v) is 6.35. The summed E-state index contributed by atoms with van der Waals surface area (Å²) in [7, 11) is -4.09. The lowest BCUT2D eigenvalue weighted by molar-refractivity contribution is 0.130. The van der Waals surface area contributed by atoms with E-state index in [9.17, 15) is 18.0 Å². The molecular weight excluding hydrogens is 402 g/mol. The first-order valence-electron chi connectivity index (χ1n) is 8.38. The summed E-state index contributed by atoms with van der Waals surface area (Å²) >= 11 is 1.39. The van der Waals surface area contributed by atoms with E-state index in [1.165, 1.54) is 35.7 Å². The molecule has 0 unspecified atom stereocenters. The van der Waals surface area contributed by atoms with E-state index in [0.29, 0.717) is 20.9 Å². The second kappa shape index (κ2) is 7.64. The molecule has 2 heterocycles. The van der Waals surface area contributed by atoms with Gasteiger partial charge in [-0.1, -0.05) is 6.07 Å². The fraction of sp³-hybridized carbons (Fsp3) is 0.222. The van der Waals surface area contributed by atoms with Crippen LogP contribution in [0.5, 0.6) is 0 Å². The topological polar surface area (TPSA) is 110 Å². The van der Waals surface area contributed by atoms with Gasteiger partial charge >= 0.3 is 11.8 Å². The van der Waals surface area contributed by atoms with E-state index in [0.717, 1.165) is 4.88 Å². The summed E-state index contributed by atoms with van der Waals surface area (Å²) < 4.78 is 31.5. The summed E-state index contributed by atoms with van der Waals surface area (Å²) in [5.74, 6) is 0. The molecule has 8 nitrogen and oxygen atoms in total. The Hall–Kier alpha value is -2.85. The van der Waals surface area contributed by atoms with E-state index >= 15 is 0 Å². The van der Waals surface area contributed by atoms with E-state index in [-0.39, 0.29) is 11.0 Å². The molecule has 148 valence electrons. The summed E-state index contributed by atoms with van der Waals surface area (Å²) in [6.45, 7) is 5.10. The number of aryl methyl sites for hydroxylation is 1. The molecule has 3 rings (SSSR count). The maximum absolute atomic E-state index is 12.9. The van der Waals surface area contributed by atoms with E-state index in [1.807, 2.05) is 11.4 Å². The van der Waals surface area contributed by atoms with Gasteiger partial charge in [0, 0.05) is 5.69 Å². The molecule has 0 spiro atoms. The van der Waals surface area contributed by atoms with Gasteiger partial charge in [0.2, 0.25) is 0 Å². The molecule has 1 amide bonds. The SMILES string of the molecule is Cc1cc(S(=O)(=O)n2cc(-c3cccs3)[nH]c2=O)ccc1NC(=O)OC(C)C. The van der Waals surface area contributed by atoms with Crippen molar-refractivity contribution >= 4 is 33.1 Å². The Bertz CT molecular complexity index is 1160. The number of ether oxygens (including phenoxy) is 1. The van der Waals surface area contributed by atoms with Gasteiger partial charge in [0.05, 0.1) is 27.8 Å². The van der Waals surface area contributed by atoms with Crippen molar-refractivity contribution in [2.24, 2.45) is 0 Å². The Morgan fingerprint density at radius 3 is 2.64 bits per heavy atom. The maximum Gasteiger partial charge on any atom is 0.411 e. The van der Waals surface area contributed by atoms with Gasteiger partial charge in [-0.15, -0.1) is 11.3 Å². The van der Waals surface area contributed by atoms with Gasteiger partial charge in [0.15, 0.2) is 0 Å². The zero-order valence-corrected chi connectivity index (χ0v) is 17.1. The van der Waals surface area contributed by atoms with Crippen LogP contribution in [0.15, 0.2) is 51.6 Å². The average molecular weight is 422 g/mol. The summed E-state index contributed by atoms with van der Waals surface area (Å²) in [5, 5.41) is 4.40. The number of benzene rings is 1. The molecule has 2 aromatic heterocycles. The van der Waals surface area contributed by atoms with Crippen LogP contribution in [0.3, 0.4) is 0 Å². The monoisotopic (exact) mass is 421 g/mol. The lowest BCUT2D eigenvalue weighted by Gasteiger charge is -2.12. The van der Waals surface area contributed by atoms with Crippen LogP contribution in [-0.2, 0) is 14.8 Å². The van der Waals surface area contributed by atoms with Crippen molar-refractivity contribution in [3.05, 3.63) is 58.0 Å². The number of nitrogens with one attached hydrogen (secondary N) is 2. The first-order chi connectivity index (χ1) is 13.2. The molecule has 10 heteroatoms. The van der Waals surface area contributed by atoms with Crippen LogP contribution >= 0.6 is 11.3 Å². The van der Waals surface area contributed by atoms with Gasteiger partial charge in [-0.05, 0) is 56.0 Å². The second-order valence-electron chi connectivity index (χ2n) is 6.31. The van der Waals surface area contributed by atoms with Gasteiger partial charge in [-0.2, -0.15) is 3.97 Å². The van der Waals surface area contributed by atoms with Crippen LogP contribution in [0.4, 0.5) is 10.5 Å². The highest BCUT2D eigenvalue weighted by molar-refractivity contribution is 7.90. The number of hydrogen-bond donors (Lipinski definition) is 2. The second-order valence-corrected chi connectivity index (χ2v) is 9.07. The number of H-pyrrole nitrogens is 1. The predicted molar refractivity (Wildman–Crippen MR) is 107 cm³/mol. The molecule has 2 N–H and O–H groups in total. The largest absolute Gasteiger partial charge is 0.447 e.